The standard InChI is InChI=1S/C12H20N2O/c1-3-6-14(7-8-15)12-9-11(13)5-4-10(12)2/h4-5,9,15H,3,6-8,13H2,1-2H3. The average Bonchev–Trinajstić information content (AvgIpc) is 2.21. The summed E-state index contributed by atoms with van der Waals surface area (Å²) < 4.78 is 0. The zero-order valence-corrected chi connectivity index (χ0v) is 9.53. The summed E-state index contributed by atoms with van der Waals surface area (Å²) in [6, 6.07) is 5.90. The Balaban J connectivity index is 2.93. The SMILES string of the molecule is CCCN(CCO)c1cc(N)ccc1C. The maximum atomic E-state index is 9.01. The number of hydrogen-bond acceptors (Lipinski definition) is 3. The number of nitrogens with two attached hydrogens (primary N) is 1. The third kappa shape index (κ3) is 3.13. The zero-order chi connectivity index (χ0) is 11.3. The van der Waals surface area contributed by atoms with Gasteiger partial charge in [0.05, 0.1) is 6.61 Å². The number of anilines is 2. The summed E-state index contributed by atoms with van der Waals surface area (Å²) in [6.45, 7) is 5.98. The Kier molecular flexibility index (Phi) is 4.43. The number of aryl methyl sites for hydroxylation is 1. The Morgan fingerprint density at radius 3 is 2.67 bits per heavy atom. The largest absolute Gasteiger partial charge is 0.399 e. The van der Waals surface area contributed by atoms with Crippen molar-refractivity contribution in [3.8, 4) is 0 Å². The second-order valence-electron chi connectivity index (χ2n) is 3.76. The fourth-order valence-corrected chi connectivity index (χ4v) is 1.71. The van der Waals surface area contributed by atoms with E-state index in [9.17, 15) is 0 Å². The lowest BCUT2D eigenvalue weighted by atomic mass is 10.1. The summed E-state index contributed by atoms with van der Waals surface area (Å²) in [5.74, 6) is 0. The van der Waals surface area contributed by atoms with Crippen LogP contribution in [0.4, 0.5) is 11.4 Å². The van der Waals surface area contributed by atoms with Crippen LogP contribution in [0.25, 0.3) is 0 Å². The molecule has 0 spiro atoms. The highest BCUT2D eigenvalue weighted by molar-refractivity contribution is 5.60. The van der Waals surface area contributed by atoms with Crippen molar-refractivity contribution in [3.63, 3.8) is 0 Å². The smallest absolute Gasteiger partial charge is 0.0606 e. The molecule has 0 bridgehead atoms. The normalized spacial score (nSPS) is 10.3. The van der Waals surface area contributed by atoms with E-state index in [1.165, 1.54) is 5.56 Å². The van der Waals surface area contributed by atoms with Crippen LogP contribution in [-0.2, 0) is 0 Å². The first-order valence-corrected chi connectivity index (χ1v) is 5.41. The van der Waals surface area contributed by atoms with Gasteiger partial charge in [0.25, 0.3) is 0 Å². The van der Waals surface area contributed by atoms with Crippen LogP contribution < -0.4 is 10.6 Å². The van der Waals surface area contributed by atoms with Crippen molar-refractivity contribution < 1.29 is 5.11 Å². The van der Waals surface area contributed by atoms with Gasteiger partial charge in [-0.25, -0.2) is 0 Å². The van der Waals surface area contributed by atoms with Crippen LogP contribution in [0, 0.1) is 6.92 Å². The number of benzene rings is 1. The van der Waals surface area contributed by atoms with E-state index in [1.807, 2.05) is 18.2 Å². The number of nitrogen functional groups attached to an aromatic ring is 1. The van der Waals surface area contributed by atoms with E-state index in [0.717, 1.165) is 24.3 Å². The van der Waals surface area contributed by atoms with Crippen molar-refractivity contribution in [3.05, 3.63) is 23.8 Å². The van der Waals surface area contributed by atoms with E-state index in [1.54, 1.807) is 0 Å². The molecule has 3 N–H and O–H groups in total. The second-order valence-corrected chi connectivity index (χ2v) is 3.76. The van der Waals surface area contributed by atoms with Crippen LogP contribution in [0.15, 0.2) is 18.2 Å². The van der Waals surface area contributed by atoms with E-state index in [0.29, 0.717) is 6.54 Å². The Labute approximate surface area is 91.5 Å². The van der Waals surface area contributed by atoms with Gasteiger partial charge in [0, 0.05) is 24.5 Å². The molecular formula is C12H20N2O. The molecule has 0 heterocycles. The molecule has 0 unspecified atom stereocenters. The minimum atomic E-state index is 0.175. The highest BCUT2D eigenvalue weighted by atomic mass is 16.3. The highest BCUT2D eigenvalue weighted by Crippen LogP contribution is 2.22. The minimum Gasteiger partial charge on any atom is -0.399 e. The van der Waals surface area contributed by atoms with E-state index < -0.39 is 0 Å². The first-order chi connectivity index (χ1) is 7.19. The van der Waals surface area contributed by atoms with Crippen molar-refractivity contribution in [2.24, 2.45) is 0 Å². The predicted molar refractivity (Wildman–Crippen MR) is 65.2 cm³/mol. The Morgan fingerprint density at radius 2 is 2.07 bits per heavy atom. The second kappa shape index (κ2) is 5.61. The van der Waals surface area contributed by atoms with Crippen LogP contribution in [0.2, 0.25) is 0 Å². The van der Waals surface area contributed by atoms with Crippen LogP contribution in [0.1, 0.15) is 18.9 Å². The number of nitrogens with zero attached hydrogens (tertiary/aromatic N) is 1. The number of aliphatic hydroxyl groups is 1. The van der Waals surface area contributed by atoms with Crippen LogP contribution in [-0.4, -0.2) is 24.8 Å². The summed E-state index contributed by atoms with van der Waals surface area (Å²) >= 11 is 0. The molecule has 84 valence electrons. The third-order valence-electron chi connectivity index (χ3n) is 2.44. The van der Waals surface area contributed by atoms with Crippen molar-refractivity contribution in [2.45, 2.75) is 20.3 Å². The molecule has 0 aliphatic rings. The molecule has 1 aromatic rings. The molecule has 0 radical (unpaired) electrons. The van der Waals surface area contributed by atoms with Gasteiger partial charge in [0.1, 0.15) is 0 Å². The summed E-state index contributed by atoms with van der Waals surface area (Å²) in [5.41, 5.74) is 8.87. The first-order valence-electron chi connectivity index (χ1n) is 5.41. The van der Waals surface area contributed by atoms with Crippen LogP contribution in [0.5, 0.6) is 0 Å². The van der Waals surface area contributed by atoms with Gasteiger partial charge in [-0.15, -0.1) is 0 Å². The lowest BCUT2D eigenvalue weighted by molar-refractivity contribution is 0.302. The van der Waals surface area contributed by atoms with E-state index in [4.69, 9.17) is 10.8 Å². The fraction of sp³-hybridized carbons (Fsp3) is 0.500. The summed E-state index contributed by atoms with van der Waals surface area (Å²) in [6.07, 6.45) is 1.06. The topological polar surface area (TPSA) is 49.5 Å². The van der Waals surface area contributed by atoms with E-state index in [2.05, 4.69) is 18.7 Å². The van der Waals surface area contributed by atoms with Gasteiger partial charge in [-0.3, -0.25) is 0 Å². The Bertz CT molecular complexity index is 306. The molecule has 0 atom stereocenters. The Hall–Kier alpha value is -1.22. The van der Waals surface area contributed by atoms with Gasteiger partial charge in [0.2, 0.25) is 0 Å². The van der Waals surface area contributed by atoms with Crippen molar-refractivity contribution >= 4 is 11.4 Å². The molecule has 3 nitrogen and oxygen atoms in total. The summed E-state index contributed by atoms with van der Waals surface area (Å²) in [7, 11) is 0. The molecule has 0 saturated heterocycles. The quantitative estimate of drug-likeness (QED) is 0.725. The van der Waals surface area contributed by atoms with E-state index in [-0.39, 0.29) is 6.61 Å². The highest BCUT2D eigenvalue weighted by Gasteiger charge is 2.07. The molecule has 1 rings (SSSR count). The van der Waals surface area contributed by atoms with E-state index >= 15 is 0 Å². The van der Waals surface area contributed by atoms with Crippen LogP contribution >= 0.6 is 0 Å². The van der Waals surface area contributed by atoms with Crippen molar-refractivity contribution in [1.29, 1.82) is 0 Å². The maximum Gasteiger partial charge on any atom is 0.0606 e. The zero-order valence-electron chi connectivity index (χ0n) is 9.53. The lowest BCUT2D eigenvalue weighted by Crippen LogP contribution is -2.28. The maximum absolute atomic E-state index is 9.01. The molecular weight excluding hydrogens is 188 g/mol. The molecule has 0 aliphatic heterocycles. The summed E-state index contributed by atoms with van der Waals surface area (Å²) in [5, 5.41) is 9.01. The first kappa shape index (κ1) is 11.9. The average molecular weight is 208 g/mol. The predicted octanol–water partition coefficient (Wildman–Crippen LogP) is 1.79. The van der Waals surface area contributed by atoms with Crippen LogP contribution in [0.3, 0.4) is 0 Å². The molecule has 15 heavy (non-hydrogen) atoms. The molecule has 0 saturated carbocycles. The lowest BCUT2D eigenvalue weighted by Gasteiger charge is -2.25. The number of rotatable bonds is 5. The third-order valence-corrected chi connectivity index (χ3v) is 2.44. The minimum absolute atomic E-state index is 0.175. The molecule has 0 fully saturated rings. The number of aliphatic hydroxyl groups excluding tert-OH is 1. The molecule has 0 aliphatic carbocycles. The van der Waals surface area contributed by atoms with Gasteiger partial charge < -0.3 is 15.7 Å². The Morgan fingerprint density at radius 1 is 1.33 bits per heavy atom. The summed E-state index contributed by atoms with van der Waals surface area (Å²) in [4.78, 5) is 2.17. The molecule has 1 aromatic carbocycles. The molecule has 0 aromatic heterocycles. The fourth-order valence-electron chi connectivity index (χ4n) is 1.71. The van der Waals surface area contributed by atoms with Gasteiger partial charge in [0.15, 0.2) is 0 Å². The van der Waals surface area contributed by atoms with Gasteiger partial charge in [-0.2, -0.15) is 0 Å². The van der Waals surface area contributed by atoms with Gasteiger partial charge in [-0.05, 0) is 31.0 Å². The number of hydrogen-bond donors (Lipinski definition) is 2. The molecule has 0 amide bonds. The molecule has 3 heteroatoms. The van der Waals surface area contributed by atoms with Crippen molar-refractivity contribution in [2.75, 3.05) is 30.3 Å². The monoisotopic (exact) mass is 208 g/mol. The van der Waals surface area contributed by atoms with Gasteiger partial charge >= 0.3 is 0 Å². The van der Waals surface area contributed by atoms with Gasteiger partial charge in [-0.1, -0.05) is 13.0 Å². The van der Waals surface area contributed by atoms with Crippen molar-refractivity contribution in [1.82, 2.24) is 0 Å².